The van der Waals surface area contributed by atoms with Gasteiger partial charge in [0.15, 0.2) is 0 Å². The van der Waals surface area contributed by atoms with Crippen molar-refractivity contribution in [1.29, 1.82) is 0 Å². The van der Waals surface area contributed by atoms with E-state index in [1.165, 1.54) is 0 Å². The fourth-order valence-corrected chi connectivity index (χ4v) is 3.71. The second kappa shape index (κ2) is 6.77. The van der Waals surface area contributed by atoms with Gasteiger partial charge in [0.1, 0.15) is 0 Å². The number of carboxylic acid groups (broad SMARTS) is 1. The standard InChI is InChI=1S/C16H28N2O3/c1-3-13-12-18(10-9-17(13)2)14(19)11-16(15(20)21)7-5-4-6-8-16/h13H,3-12H2,1-2H3,(H,20,21). The summed E-state index contributed by atoms with van der Waals surface area (Å²) in [6, 6.07) is 0.398. The predicted molar refractivity (Wildman–Crippen MR) is 81.1 cm³/mol. The SMILES string of the molecule is CCC1CN(C(=O)CC2(C(=O)O)CCCCC2)CCN1C. The first kappa shape index (κ1) is 16.3. The second-order valence-electron chi connectivity index (χ2n) is 6.71. The Balaban J connectivity index is 2.00. The van der Waals surface area contributed by atoms with Gasteiger partial charge in [-0.2, -0.15) is 0 Å². The molecule has 2 rings (SSSR count). The molecule has 1 saturated heterocycles. The number of rotatable bonds is 4. The van der Waals surface area contributed by atoms with Crippen molar-refractivity contribution in [1.82, 2.24) is 9.80 Å². The highest BCUT2D eigenvalue weighted by molar-refractivity contribution is 5.85. The van der Waals surface area contributed by atoms with Crippen molar-refractivity contribution < 1.29 is 14.7 Å². The lowest BCUT2D eigenvalue weighted by Gasteiger charge is -2.41. The van der Waals surface area contributed by atoms with Crippen LogP contribution in [0.5, 0.6) is 0 Å². The molecule has 1 unspecified atom stereocenters. The van der Waals surface area contributed by atoms with Crippen molar-refractivity contribution in [2.45, 2.75) is 57.9 Å². The van der Waals surface area contributed by atoms with E-state index in [-0.39, 0.29) is 12.3 Å². The van der Waals surface area contributed by atoms with Crippen molar-refractivity contribution in [3.05, 3.63) is 0 Å². The Labute approximate surface area is 127 Å². The van der Waals surface area contributed by atoms with Crippen LogP contribution in [0, 0.1) is 5.41 Å². The highest BCUT2D eigenvalue weighted by atomic mass is 16.4. The maximum absolute atomic E-state index is 12.6. The van der Waals surface area contributed by atoms with Gasteiger partial charge in [-0.25, -0.2) is 0 Å². The Hall–Kier alpha value is -1.10. The van der Waals surface area contributed by atoms with E-state index in [0.717, 1.165) is 45.3 Å². The number of piperazine rings is 1. The minimum absolute atomic E-state index is 0.0332. The van der Waals surface area contributed by atoms with Gasteiger partial charge in [-0.1, -0.05) is 26.2 Å². The number of hydrogen-bond donors (Lipinski definition) is 1. The van der Waals surface area contributed by atoms with E-state index >= 15 is 0 Å². The average molecular weight is 296 g/mol. The molecule has 0 aromatic rings. The molecule has 0 bridgehead atoms. The van der Waals surface area contributed by atoms with E-state index in [9.17, 15) is 14.7 Å². The third-order valence-electron chi connectivity index (χ3n) is 5.36. The third-order valence-corrected chi connectivity index (χ3v) is 5.36. The largest absolute Gasteiger partial charge is 0.481 e. The van der Waals surface area contributed by atoms with Crippen LogP contribution in [0.2, 0.25) is 0 Å². The minimum atomic E-state index is -0.805. The molecule has 1 aliphatic heterocycles. The Morgan fingerprint density at radius 3 is 2.43 bits per heavy atom. The zero-order valence-electron chi connectivity index (χ0n) is 13.3. The number of aliphatic carboxylic acids is 1. The van der Waals surface area contributed by atoms with Crippen molar-refractivity contribution >= 4 is 11.9 Å². The summed E-state index contributed by atoms with van der Waals surface area (Å²) in [5.74, 6) is -0.748. The zero-order valence-corrected chi connectivity index (χ0v) is 13.3. The van der Waals surface area contributed by atoms with E-state index in [4.69, 9.17) is 0 Å². The number of carbonyl (C=O) groups excluding carboxylic acids is 1. The number of carbonyl (C=O) groups is 2. The highest BCUT2D eigenvalue weighted by Gasteiger charge is 2.42. The molecule has 1 heterocycles. The molecule has 1 N–H and O–H groups in total. The smallest absolute Gasteiger partial charge is 0.310 e. The lowest BCUT2D eigenvalue weighted by molar-refractivity contribution is -0.156. The first-order chi connectivity index (χ1) is 9.98. The molecule has 2 aliphatic rings. The maximum atomic E-state index is 12.6. The predicted octanol–water partition coefficient (Wildman–Crippen LogP) is 1.96. The summed E-state index contributed by atoms with van der Waals surface area (Å²) in [6.45, 7) is 4.47. The molecule has 1 amide bonds. The summed E-state index contributed by atoms with van der Waals surface area (Å²) in [7, 11) is 2.09. The molecule has 21 heavy (non-hydrogen) atoms. The van der Waals surface area contributed by atoms with E-state index < -0.39 is 11.4 Å². The molecule has 1 saturated carbocycles. The number of nitrogens with zero attached hydrogens (tertiary/aromatic N) is 2. The monoisotopic (exact) mass is 296 g/mol. The summed E-state index contributed by atoms with van der Waals surface area (Å²) in [5.41, 5.74) is -0.805. The number of likely N-dealkylation sites (N-methyl/N-ethyl adjacent to an activating group) is 1. The molecule has 120 valence electrons. The Kier molecular flexibility index (Phi) is 5.25. The van der Waals surface area contributed by atoms with Crippen LogP contribution in [0.1, 0.15) is 51.9 Å². The summed E-state index contributed by atoms with van der Waals surface area (Å²) >= 11 is 0. The first-order valence-corrected chi connectivity index (χ1v) is 8.20. The van der Waals surface area contributed by atoms with Gasteiger partial charge in [-0.05, 0) is 26.3 Å². The molecule has 0 aromatic heterocycles. The summed E-state index contributed by atoms with van der Waals surface area (Å²) in [6.07, 6.45) is 5.46. The molecule has 0 aromatic carbocycles. The van der Waals surface area contributed by atoms with Crippen molar-refractivity contribution in [2.75, 3.05) is 26.7 Å². The zero-order chi connectivity index (χ0) is 15.5. The molecular weight excluding hydrogens is 268 g/mol. The molecule has 1 aliphatic carbocycles. The van der Waals surface area contributed by atoms with Crippen LogP contribution in [-0.4, -0.2) is 59.5 Å². The van der Waals surface area contributed by atoms with Crippen LogP contribution in [0.15, 0.2) is 0 Å². The second-order valence-corrected chi connectivity index (χ2v) is 6.71. The first-order valence-electron chi connectivity index (χ1n) is 8.20. The highest BCUT2D eigenvalue weighted by Crippen LogP contribution is 2.40. The molecule has 0 radical (unpaired) electrons. The van der Waals surface area contributed by atoms with Crippen LogP contribution >= 0.6 is 0 Å². The van der Waals surface area contributed by atoms with Gasteiger partial charge in [0, 0.05) is 32.1 Å². The number of carboxylic acids is 1. The lowest BCUT2D eigenvalue weighted by Crippen LogP contribution is -2.54. The van der Waals surface area contributed by atoms with E-state index in [2.05, 4.69) is 18.9 Å². The molecule has 2 fully saturated rings. The molecule has 1 atom stereocenters. The topological polar surface area (TPSA) is 60.9 Å². The number of amides is 1. The van der Waals surface area contributed by atoms with Gasteiger partial charge in [-0.15, -0.1) is 0 Å². The van der Waals surface area contributed by atoms with Gasteiger partial charge in [0.25, 0.3) is 0 Å². The maximum Gasteiger partial charge on any atom is 0.310 e. The van der Waals surface area contributed by atoms with Crippen LogP contribution in [0.3, 0.4) is 0 Å². The summed E-state index contributed by atoms with van der Waals surface area (Å²) < 4.78 is 0. The molecule has 0 spiro atoms. The van der Waals surface area contributed by atoms with Crippen molar-refractivity contribution in [3.8, 4) is 0 Å². The van der Waals surface area contributed by atoms with Crippen molar-refractivity contribution in [2.24, 2.45) is 5.41 Å². The Morgan fingerprint density at radius 1 is 1.19 bits per heavy atom. The normalized spacial score (nSPS) is 26.6. The fourth-order valence-electron chi connectivity index (χ4n) is 3.71. The third kappa shape index (κ3) is 3.57. The van der Waals surface area contributed by atoms with Crippen molar-refractivity contribution in [3.63, 3.8) is 0 Å². The van der Waals surface area contributed by atoms with Gasteiger partial charge in [0.05, 0.1) is 5.41 Å². The summed E-state index contributed by atoms with van der Waals surface area (Å²) in [4.78, 5) is 28.4. The van der Waals surface area contributed by atoms with Gasteiger partial charge < -0.3 is 10.0 Å². The minimum Gasteiger partial charge on any atom is -0.481 e. The number of hydrogen-bond acceptors (Lipinski definition) is 3. The van der Waals surface area contributed by atoms with Crippen LogP contribution in [0.25, 0.3) is 0 Å². The average Bonchev–Trinajstić information content (AvgIpc) is 2.48. The Bertz CT molecular complexity index is 391. The molecule has 5 heteroatoms. The molecule has 5 nitrogen and oxygen atoms in total. The van der Waals surface area contributed by atoms with Crippen LogP contribution in [-0.2, 0) is 9.59 Å². The van der Waals surface area contributed by atoms with E-state index in [1.54, 1.807) is 0 Å². The van der Waals surface area contributed by atoms with E-state index in [0.29, 0.717) is 18.9 Å². The quantitative estimate of drug-likeness (QED) is 0.861. The Morgan fingerprint density at radius 2 is 1.86 bits per heavy atom. The van der Waals surface area contributed by atoms with Crippen LogP contribution < -0.4 is 0 Å². The molecular formula is C16H28N2O3. The lowest BCUT2D eigenvalue weighted by atomic mass is 9.71. The fraction of sp³-hybridized carbons (Fsp3) is 0.875. The van der Waals surface area contributed by atoms with Gasteiger partial charge in [0.2, 0.25) is 5.91 Å². The summed E-state index contributed by atoms with van der Waals surface area (Å²) in [5, 5.41) is 9.60. The van der Waals surface area contributed by atoms with E-state index in [1.807, 2.05) is 4.90 Å². The van der Waals surface area contributed by atoms with Gasteiger partial charge in [-0.3, -0.25) is 14.5 Å². The van der Waals surface area contributed by atoms with Crippen LogP contribution in [0.4, 0.5) is 0 Å². The van der Waals surface area contributed by atoms with Gasteiger partial charge >= 0.3 is 5.97 Å².